The number of hydrogen-bond acceptors (Lipinski definition) is 6. The minimum atomic E-state index is -0.776. The first-order valence-corrected chi connectivity index (χ1v) is 8.22. The number of aryl methyl sites for hydroxylation is 1. The number of rotatable bonds is 8. The Kier molecular flexibility index (Phi) is 6.48. The molecule has 0 radical (unpaired) electrons. The number of anilines is 1. The van der Waals surface area contributed by atoms with Crippen molar-refractivity contribution in [2.75, 3.05) is 11.9 Å². The summed E-state index contributed by atoms with van der Waals surface area (Å²) in [5, 5.41) is 6.66. The van der Waals surface area contributed by atoms with Crippen LogP contribution in [0, 0.1) is 0 Å². The number of amides is 1. The van der Waals surface area contributed by atoms with Gasteiger partial charge in [-0.3, -0.25) is 14.3 Å². The van der Waals surface area contributed by atoms with Gasteiger partial charge in [0, 0.05) is 12.6 Å². The number of esters is 1. The van der Waals surface area contributed by atoms with Gasteiger partial charge in [0.15, 0.2) is 6.10 Å². The van der Waals surface area contributed by atoms with Gasteiger partial charge in [-0.25, -0.2) is 4.79 Å². The van der Waals surface area contributed by atoms with Gasteiger partial charge in [0.25, 0.3) is 5.91 Å². The molecule has 1 aromatic carbocycles. The zero-order valence-electron chi connectivity index (χ0n) is 14.9. The van der Waals surface area contributed by atoms with E-state index in [2.05, 4.69) is 10.4 Å². The molecule has 0 spiro atoms. The largest absolute Gasteiger partial charge is 0.481 e. The number of hydrogen-bond donors (Lipinski definition) is 1. The average Bonchev–Trinajstić information content (AvgIpc) is 3.01. The van der Waals surface area contributed by atoms with Crippen LogP contribution in [0.5, 0.6) is 5.75 Å². The lowest BCUT2D eigenvalue weighted by atomic mass is 10.2. The van der Waals surface area contributed by atoms with Crippen LogP contribution in [0.3, 0.4) is 0 Å². The van der Waals surface area contributed by atoms with E-state index in [0.717, 1.165) is 6.29 Å². The fourth-order valence-electron chi connectivity index (χ4n) is 2.25. The maximum absolute atomic E-state index is 12.6. The number of carbonyl (C=O) groups is 3. The van der Waals surface area contributed by atoms with Crippen LogP contribution in [0.2, 0.25) is 0 Å². The Morgan fingerprint density at radius 1 is 1.27 bits per heavy atom. The van der Waals surface area contributed by atoms with E-state index in [1.807, 2.05) is 0 Å². The minimum absolute atomic E-state index is 0.174. The third-order valence-corrected chi connectivity index (χ3v) is 3.63. The molecular weight excluding hydrogens is 338 g/mol. The average molecular weight is 359 g/mol. The standard InChI is InChI=1S/C18H21N3O5/c1-4-15(26-13-8-6-12(11-22)7-9-13)17(23)20-16-14(10-19-21(16)3)18(24)25-5-2/h6-11,15H,4-5H2,1-3H3,(H,20,23). The number of nitrogens with one attached hydrogen (secondary N) is 1. The van der Waals surface area contributed by atoms with Crippen molar-refractivity contribution in [3.05, 3.63) is 41.6 Å². The van der Waals surface area contributed by atoms with Crippen molar-refractivity contribution in [3.63, 3.8) is 0 Å². The van der Waals surface area contributed by atoms with E-state index in [0.29, 0.717) is 17.7 Å². The first-order valence-electron chi connectivity index (χ1n) is 8.22. The zero-order chi connectivity index (χ0) is 19.1. The van der Waals surface area contributed by atoms with Gasteiger partial charge in [0.1, 0.15) is 23.4 Å². The van der Waals surface area contributed by atoms with Crippen molar-refractivity contribution >= 4 is 24.0 Å². The van der Waals surface area contributed by atoms with Gasteiger partial charge in [-0.15, -0.1) is 0 Å². The smallest absolute Gasteiger partial charge is 0.343 e. The van der Waals surface area contributed by atoms with Crippen molar-refractivity contribution in [1.82, 2.24) is 9.78 Å². The number of nitrogens with zero attached hydrogens (tertiary/aromatic N) is 2. The molecular formula is C18H21N3O5. The summed E-state index contributed by atoms with van der Waals surface area (Å²) in [5.74, 6) is -0.268. The SMILES string of the molecule is CCOC(=O)c1cnn(C)c1NC(=O)C(CC)Oc1ccc(C=O)cc1. The van der Waals surface area contributed by atoms with E-state index in [9.17, 15) is 14.4 Å². The molecule has 0 saturated heterocycles. The fourth-order valence-corrected chi connectivity index (χ4v) is 2.25. The lowest BCUT2D eigenvalue weighted by molar-refractivity contribution is -0.122. The molecule has 8 nitrogen and oxygen atoms in total. The third kappa shape index (κ3) is 4.47. The number of benzene rings is 1. The molecule has 1 N–H and O–H groups in total. The number of aldehydes is 1. The molecule has 8 heteroatoms. The van der Waals surface area contributed by atoms with E-state index >= 15 is 0 Å². The molecule has 0 fully saturated rings. The molecule has 0 aliphatic rings. The van der Waals surface area contributed by atoms with Crippen LogP contribution in [-0.4, -0.2) is 40.7 Å². The Morgan fingerprint density at radius 2 is 1.96 bits per heavy atom. The Morgan fingerprint density at radius 3 is 2.54 bits per heavy atom. The van der Waals surface area contributed by atoms with Crippen molar-refractivity contribution in [2.45, 2.75) is 26.4 Å². The van der Waals surface area contributed by atoms with Crippen LogP contribution in [0.25, 0.3) is 0 Å². The second kappa shape index (κ2) is 8.80. The third-order valence-electron chi connectivity index (χ3n) is 3.63. The molecule has 1 heterocycles. The second-order valence-corrected chi connectivity index (χ2v) is 5.44. The molecule has 0 saturated carbocycles. The fraction of sp³-hybridized carbons (Fsp3) is 0.333. The van der Waals surface area contributed by atoms with Gasteiger partial charge in [-0.2, -0.15) is 5.10 Å². The van der Waals surface area contributed by atoms with E-state index in [1.54, 1.807) is 45.2 Å². The number of ether oxygens (including phenoxy) is 2. The van der Waals surface area contributed by atoms with E-state index < -0.39 is 18.0 Å². The topological polar surface area (TPSA) is 99.5 Å². The summed E-state index contributed by atoms with van der Waals surface area (Å²) in [7, 11) is 1.61. The van der Waals surface area contributed by atoms with Gasteiger partial charge in [0.05, 0.1) is 12.8 Å². The molecule has 1 amide bonds. The maximum Gasteiger partial charge on any atom is 0.343 e. The minimum Gasteiger partial charge on any atom is -0.481 e. The monoisotopic (exact) mass is 359 g/mol. The van der Waals surface area contributed by atoms with Crippen molar-refractivity contribution in [2.24, 2.45) is 7.05 Å². The molecule has 2 rings (SSSR count). The Labute approximate surface area is 151 Å². The van der Waals surface area contributed by atoms with Gasteiger partial charge in [-0.1, -0.05) is 6.92 Å². The highest BCUT2D eigenvalue weighted by Gasteiger charge is 2.24. The molecule has 0 aliphatic carbocycles. The summed E-state index contributed by atoms with van der Waals surface area (Å²) in [6.07, 6.45) is 1.70. The molecule has 1 aromatic heterocycles. The highest BCUT2D eigenvalue weighted by molar-refractivity contribution is 6.01. The molecule has 26 heavy (non-hydrogen) atoms. The normalized spacial score (nSPS) is 11.5. The summed E-state index contributed by atoms with van der Waals surface area (Å²) in [6.45, 7) is 3.72. The lowest BCUT2D eigenvalue weighted by Gasteiger charge is -2.18. The van der Waals surface area contributed by atoms with Gasteiger partial charge >= 0.3 is 5.97 Å². The quantitative estimate of drug-likeness (QED) is 0.573. The van der Waals surface area contributed by atoms with Gasteiger partial charge in [-0.05, 0) is 37.6 Å². The molecule has 1 unspecified atom stereocenters. The van der Waals surface area contributed by atoms with Gasteiger partial charge < -0.3 is 14.8 Å². The predicted octanol–water partition coefficient (Wildman–Crippen LogP) is 2.21. The first kappa shape index (κ1) is 19.2. The molecule has 2 aromatic rings. The van der Waals surface area contributed by atoms with Crippen LogP contribution in [0.4, 0.5) is 5.82 Å². The highest BCUT2D eigenvalue weighted by atomic mass is 16.5. The summed E-state index contributed by atoms with van der Waals surface area (Å²) in [4.78, 5) is 35.2. The van der Waals surface area contributed by atoms with Crippen LogP contribution in [-0.2, 0) is 16.6 Å². The molecule has 0 bridgehead atoms. The number of carbonyl (C=O) groups excluding carboxylic acids is 3. The van der Waals surface area contributed by atoms with Crippen molar-refractivity contribution in [1.29, 1.82) is 0 Å². The van der Waals surface area contributed by atoms with E-state index in [1.165, 1.54) is 10.9 Å². The molecule has 1 atom stereocenters. The summed E-state index contributed by atoms with van der Waals surface area (Å²) in [5.41, 5.74) is 0.691. The van der Waals surface area contributed by atoms with Crippen LogP contribution in [0.15, 0.2) is 30.5 Å². The lowest BCUT2D eigenvalue weighted by Crippen LogP contribution is -2.33. The first-order chi connectivity index (χ1) is 12.5. The van der Waals surface area contributed by atoms with Crippen LogP contribution < -0.4 is 10.1 Å². The summed E-state index contributed by atoms with van der Waals surface area (Å²) < 4.78 is 12.0. The van der Waals surface area contributed by atoms with Crippen molar-refractivity contribution in [3.8, 4) is 5.75 Å². The highest BCUT2D eigenvalue weighted by Crippen LogP contribution is 2.18. The Balaban J connectivity index is 2.12. The van der Waals surface area contributed by atoms with E-state index in [4.69, 9.17) is 9.47 Å². The van der Waals surface area contributed by atoms with Crippen molar-refractivity contribution < 1.29 is 23.9 Å². The maximum atomic E-state index is 12.6. The Hall–Kier alpha value is -3.16. The molecule has 138 valence electrons. The van der Waals surface area contributed by atoms with Crippen LogP contribution >= 0.6 is 0 Å². The summed E-state index contributed by atoms with van der Waals surface area (Å²) in [6, 6.07) is 6.45. The molecule has 0 aliphatic heterocycles. The predicted molar refractivity (Wildman–Crippen MR) is 94.3 cm³/mol. The second-order valence-electron chi connectivity index (χ2n) is 5.44. The van der Waals surface area contributed by atoms with Crippen LogP contribution in [0.1, 0.15) is 41.0 Å². The zero-order valence-corrected chi connectivity index (χ0v) is 14.9. The van der Waals surface area contributed by atoms with E-state index in [-0.39, 0.29) is 18.0 Å². The summed E-state index contributed by atoms with van der Waals surface area (Å²) >= 11 is 0. The number of aromatic nitrogens is 2. The van der Waals surface area contributed by atoms with Gasteiger partial charge in [0.2, 0.25) is 0 Å². The Bertz CT molecular complexity index is 783.